The van der Waals surface area contributed by atoms with Crippen molar-refractivity contribution in [2.75, 3.05) is 33.0 Å². The molecule has 4 aliphatic heterocycles. The standard InChI is InChI=1S/C25H34N2O5/c28-23-16-30-17-25(26-23)12-4-13-27-22(25)15-32-19-10-8-18(9-11-19)20-5-1-2-6-21(20)31-14-3-7-24(27)29/h1-2,5-6,18-19,22H,3-4,7-17H2,(H,26,28)/t18-,19+,22?,25?. The van der Waals surface area contributed by atoms with E-state index in [1.165, 1.54) is 5.56 Å². The summed E-state index contributed by atoms with van der Waals surface area (Å²) in [6.45, 7) is 2.18. The predicted octanol–water partition coefficient (Wildman–Crippen LogP) is 2.78. The highest BCUT2D eigenvalue weighted by Gasteiger charge is 2.49. The second-order valence-electron chi connectivity index (χ2n) is 9.70. The van der Waals surface area contributed by atoms with Crippen LogP contribution in [-0.2, 0) is 19.1 Å². The van der Waals surface area contributed by atoms with E-state index in [1.54, 1.807) is 0 Å². The van der Waals surface area contributed by atoms with Crippen LogP contribution >= 0.6 is 0 Å². The lowest BCUT2D eigenvalue weighted by molar-refractivity contribution is -0.155. The molecule has 1 aliphatic carbocycles. The van der Waals surface area contributed by atoms with Crippen molar-refractivity contribution in [1.82, 2.24) is 10.2 Å². The number of piperidine rings is 1. The summed E-state index contributed by atoms with van der Waals surface area (Å²) in [5.41, 5.74) is 0.729. The third kappa shape index (κ3) is 4.37. The van der Waals surface area contributed by atoms with E-state index in [-0.39, 0.29) is 30.6 Å². The molecular formula is C25H34N2O5. The van der Waals surface area contributed by atoms with Gasteiger partial charge in [0.2, 0.25) is 11.8 Å². The van der Waals surface area contributed by atoms with E-state index in [2.05, 4.69) is 17.4 Å². The predicted molar refractivity (Wildman–Crippen MR) is 119 cm³/mol. The first-order valence-corrected chi connectivity index (χ1v) is 12.2. The van der Waals surface area contributed by atoms with Crippen LogP contribution in [0.2, 0.25) is 0 Å². The minimum absolute atomic E-state index is 0.0885. The zero-order valence-corrected chi connectivity index (χ0v) is 18.7. The van der Waals surface area contributed by atoms with Crippen LogP contribution in [-0.4, -0.2) is 67.4 Å². The maximum Gasteiger partial charge on any atom is 0.246 e. The Morgan fingerprint density at radius 3 is 2.75 bits per heavy atom. The summed E-state index contributed by atoms with van der Waals surface area (Å²) in [7, 11) is 0. The van der Waals surface area contributed by atoms with E-state index in [9.17, 15) is 9.59 Å². The van der Waals surface area contributed by atoms with Gasteiger partial charge in [0.25, 0.3) is 0 Å². The molecule has 7 nitrogen and oxygen atoms in total. The van der Waals surface area contributed by atoms with Gasteiger partial charge in [-0.15, -0.1) is 0 Å². The molecule has 1 aromatic rings. The average Bonchev–Trinajstić information content (AvgIpc) is 2.81. The van der Waals surface area contributed by atoms with E-state index in [0.29, 0.717) is 45.1 Å². The Morgan fingerprint density at radius 2 is 1.91 bits per heavy atom. The van der Waals surface area contributed by atoms with Gasteiger partial charge in [-0.3, -0.25) is 9.59 Å². The highest BCUT2D eigenvalue weighted by molar-refractivity contribution is 5.80. The molecule has 7 heteroatoms. The van der Waals surface area contributed by atoms with Crippen LogP contribution < -0.4 is 10.1 Å². The van der Waals surface area contributed by atoms with E-state index in [4.69, 9.17) is 14.2 Å². The molecule has 4 heterocycles. The highest BCUT2D eigenvalue weighted by atomic mass is 16.5. The number of ether oxygens (including phenoxy) is 3. The first kappa shape index (κ1) is 21.7. The maximum atomic E-state index is 13.3. The Balaban J connectivity index is 1.39. The molecule has 6 rings (SSSR count). The first-order valence-electron chi connectivity index (χ1n) is 12.2. The van der Waals surface area contributed by atoms with Gasteiger partial charge >= 0.3 is 0 Å². The van der Waals surface area contributed by atoms with Crippen LogP contribution in [0.15, 0.2) is 24.3 Å². The van der Waals surface area contributed by atoms with Crippen LogP contribution in [0, 0.1) is 0 Å². The second kappa shape index (κ2) is 9.40. The Labute approximate surface area is 189 Å². The quantitative estimate of drug-likeness (QED) is 0.669. The Bertz CT molecular complexity index is 833. The van der Waals surface area contributed by atoms with Crippen LogP contribution in [0.1, 0.15) is 62.8 Å². The molecule has 174 valence electrons. The van der Waals surface area contributed by atoms with Crippen molar-refractivity contribution in [3.8, 4) is 5.75 Å². The summed E-state index contributed by atoms with van der Waals surface area (Å²) < 4.78 is 18.2. The molecule has 2 atom stereocenters. The lowest BCUT2D eigenvalue weighted by Gasteiger charge is -2.51. The van der Waals surface area contributed by atoms with Crippen LogP contribution in [0.4, 0.5) is 0 Å². The molecule has 1 spiro atoms. The molecule has 5 aliphatic rings. The molecule has 1 aromatic carbocycles. The molecule has 0 radical (unpaired) electrons. The lowest BCUT2D eigenvalue weighted by atomic mass is 9.80. The number of fused-ring (bicyclic) bond motifs is 7. The maximum absolute atomic E-state index is 13.3. The van der Waals surface area contributed by atoms with Gasteiger partial charge in [0.1, 0.15) is 12.4 Å². The molecule has 2 unspecified atom stereocenters. The van der Waals surface area contributed by atoms with Crippen molar-refractivity contribution in [3.05, 3.63) is 29.8 Å². The van der Waals surface area contributed by atoms with Crippen molar-refractivity contribution in [2.24, 2.45) is 0 Å². The van der Waals surface area contributed by atoms with Crippen molar-refractivity contribution >= 4 is 11.8 Å². The van der Waals surface area contributed by atoms with Crippen molar-refractivity contribution in [3.63, 3.8) is 0 Å². The molecule has 3 fully saturated rings. The number of hydrogen-bond donors (Lipinski definition) is 1. The normalized spacial score (nSPS) is 34.0. The lowest BCUT2D eigenvalue weighted by Crippen LogP contribution is -2.72. The topological polar surface area (TPSA) is 77.1 Å². The van der Waals surface area contributed by atoms with Crippen LogP contribution in [0.25, 0.3) is 0 Å². The van der Waals surface area contributed by atoms with Crippen molar-refractivity contribution < 1.29 is 23.8 Å². The van der Waals surface area contributed by atoms with Gasteiger partial charge in [-0.2, -0.15) is 0 Å². The Hall–Kier alpha value is -2.12. The summed E-state index contributed by atoms with van der Waals surface area (Å²) >= 11 is 0. The van der Waals surface area contributed by atoms with Gasteiger partial charge in [0.15, 0.2) is 0 Å². The van der Waals surface area contributed by atoms with Gasteiger partial charge in [-0.25, -0.2) is 0 Å². The summed E-state index contributed by atoms with van der Waals surface area (Å²) in [4.78, 5) is 27.4. The molecular weight excluding hydrogens is 408 g/mol. The second-order valence-corrected chi connectivity index (χ2v) is 9.70. The summed E-state index contributed by atoms with van der Waals surface area (Å²) in [5.74, 6) is 1.44. The fourth-order valence-electron chi connectivity index (χ4n) is 5.99. The largest absolute Gasteiger partial charge is 0.493 e. The molecule has 1 saturated carbocycles. The van der Waals surface area contributed by atoms with Gasteiger partial charge in [0.05, 0.1) is 37.5 Å². The zero-order valence-electron chi connectivity index (χ0n) is 18.7. The van der Waals surface area contributed by atoms with E-state index < -0.39 is 5.54 Å². The summed E-state index contributed by atoms with van der Waals surface area (Å²) in [6.07, 6.45) is 7.07. The van der Waals surface area contributed by atoms with E-state index in [1.807, 2.05) is 17.0 Å². The fraction of sp³-hybridized carbons (Fsp3) is 0.680. The minimum atomic E-state index is -0.554. The van der Waals surface area contributed by atoms with Crippen molar-refractivity contribution in [1.29, 1.82) is 0 Å². The molecule has 1 N–H and O–H groups in total. The number of carbonyl (C=O) groups is 2. The summed E-state index contributed by atoms with van der Waals surface area (Å²) in [5, 5.41) is 3.19. The number of rotatable bonds is 0. The minimum Gasteiger partial charge on any atom is -0.493 e. The third-order valence-corrected chi connectivity index (χ3v) is 7.65. The van der Waals surface area contributed by atoms with Gasteiger partial charge < -0.3 is 24.4 Å². The molecule has 32 heavy (non-hydrogen) atoms. The first-order chi connectivity index (χ1) is 15.6. The zero-order chi connectivity index (χ0) is 22.0. The molecule has 2 amide bonds. The number of nitrogens with zero attached hydrogens (tertiary/aromatic N) is 1. The number of para-hydroxylation sites is 1. The van der Waals surface area contributed by atoms with Gasteiger partial charge in [-0.05, 0) is 62.5 Å². The fourth-order valence-corrected chi connectivity index (χ4v) is 5.99. The van der Waals surface area contributed by atoms with Crippen LogP contribution in [0.5, 0.6) is 5.75 Å². The Morgan fingerprint density at radius 1 is 1.06 bits per heavy atom. The monoisotopic (exact) mass is 442 g/mol. The number of amides is 2. The molecule has 0 aromatic heterocycles. The summed E-state index contributed by atoms with van der Waals surface area (Å²) in [6, 6.07) is 8.13. The number of nitrogens with one attached hydrogen (secondary N) is 1. The number of hydrogen-bond acceptors (Lipinski definition) is 5. The van der Waals surface area contributed by atoms with E-state index >= 15 is 0 Å². The number of carbonyl (C=O) groups excluding carboxylic acids is 2. The average molecular weight is 443 g/mol. The third-order valence-electron chi connectivity index (χ3n) is 7.65. The SMILES string of the molecule is O=C1COCC2(CCCN3C(=O)CCCOc4ccccc4[C@H]4CC[C@H](CC4)OCC32)N1. The number of benzene rings is 1. The van der Waals surface area contributed by atoms with Crippen LogP contribution in [0.3, 0.4) is 0 Å². The highest BCUT2D eigenvalue weighted by Crippen LogP contribution is 2.39. The smallest absolute Gasteiger partial charge is 0.246 e. The van der Waals surface area contributed by atoms with Gasteiger partial charge in [-0.1, -0.05) is 18.2 Å². The molecule has 2 saturated heterocycles. The number of morpholine rings is 1. The van der Waals surface area contributed by atoms with Gasteiger partial charge in [0, 0.05) is 13.0 Å². The molecule has 2 bridgehead atoms. The Kier molecular flexibility index (Phi) is 6.37. The van der Waals surface area contributed by atoms with E-state index in [0.717, 1.165) is 44.3 Å². The van der Waals surface area contributed by atoms with Crippen molar-refractivity contribution in [2.45, 2.75) is 75.0 Å².